The average molecular weight is 323 g/mol. The third-order valence-electron chi connectivity index (χ3n) is 4.53. The molecule has 1 aromatic carbocycles. The van der Waals surface area contributed by atoms with Crippen LogP contribution in [0.1, 0.15) is 62.5 Å². The molecule has 2 heteroatoms. The lowest BCUT2D eigenvalue weighted by Crippen LogP contribution is -2.13. The molecule has 1 saturated carbocycles. The van der Waals surface area contributed by atoms with Crippen LogP contribution in [-0.2, 0) is 0 Å². The second-order valence-electron chi connectivity index (χ2n) is 5.98. The number of halogens is 2. The van der Waals surface area contributed by atoms with Crippen molar-refractivity contribution < 1.29 is 0 Å². The van der Waals surface area contributed by atoms with E-state index in [9.17, 15) is 0 Å². The van der Waals surface area contributed by atoms with Crippen molar-refractivity contribution in [2.75, 3.05) is 0 Å². The molecule has 0 bridgehead atoms. The van der Waals surface area contributed by atoms with Crippen molar-refractivity contribution in [3.63, 3.8) is 0 Å². The summed E-state index contributed by atoms with van der Waals surface area (Å²) in [6.45, 7) is 5.79. The number of benzene rings is 1. The predicted molar refractivity (Wildman–Crippen MR) is 95.3 cm³/mol. The van der Waals surface area contributed by atoms with Crippen LogP contribution in [-0.4, -0.2) is 0 Å². The Bertz CT molecular complexity index is 485. The molecule has 0 aliphatic heterocycles. The normalized spacial score (nSPS) is 22.6. The molecular weight excluding hydrogens is 299 g/mol. The van der Waals surface area contributed by atoms with Gasteiger partial charge in [-0.25, -0.2) is 0 Å². The second kappa shape index (κ2) is 8.06. The summed E-state index contributed by atoms with van der Waals surface area (Å²) in [6, 6.07) is 4.22. The first-order chi connectivity index (χ1) is 10.2. The van der Waals surface area contributed by atoms with Crippen LogP contribution >= 0.6 is 23.2 Å². The van der Waals surface area contributed by atoms with E-state index in [0.29, 0.717) is 5.92 Å². The Kier molecular flexibility index (Phi) is 6.39. The van der Waals surface area contributed by atoms with Gasteiger partial charge in [0.25, 0.3) is 0 Å². The zero-order valence-electron chi connectivity index (χ0n) is 12.7. The van der Waals surface area contributed by atoms with Crippen LogP contribution in [0, 0.1) is 5.92 Å². The van der Waals surface area contributed by atoms with Crippen LogP contribution in [0.2, 0.25) is 10.0 Å². The van der Waals surface area contributed by atoms with Crippen molar-refractivity contribution in [2.24, 2.45) is 5.92 Å². The van der Waals surface area contributed by atoms with Crippen molar-refractivity contribution >= 4 is 29.3 Å². The van der Waals surface area contributed by atoms with Crippen molar-refractivity contribution in [1.82, 2.24) is 0 Å². The van der Waals surface area contributed by atoms with Crippen molar-refractivity contribution in [3.05, 3.63) is 52.0 Å². The van der Waals surface area contributed by atoms with Crippen molar-refractivity contribution in [2.45, 2.75) is 51.4 Å². The maximum absolute atomic E-state index is 6.38. The molecule has 1 fully saturated rings. The van der Waals surface area contributed by atoms with Gasteiger partial charge in [0, 0.05) is 15.6 Å². The summed E-state index contributed by atoms with van der Waals surface area (Å²) in [5, 5.41) is 1.54. The van der Waals surface area contributed by atoms with Gasteiger partial charge in [-0.05, 0) is 75.0 Å². The van der Waals surface area contributed by atoms with E-state index in [0.717, 1.165) is 27.9 Å². The summed E-state index contributed by atoms with van der Waals surface area (Å²) < 4.78 is 0. The first-order valence-electron chi connectivity index (χ1n) is 7.88. The number of rotatable bonds is 5. The van der Waals surface area contributed by atoms with Crippen LogP contribution in [0.25, 0.3) is 6.08 Å². The van der Waals surface area contributed by atoms with Crippen LogP contribution < -0.4 is 0 Å². The molecule has 0 nitrogen and oxygen atoms in total. The Morgan fingerprint density at radius 3 is 2.29 bits per heavy atom. The Morgan fingerprint density at radius 1 is 1.14 bits per heavy atom. The van der Waals surface area contributed by atoms with Crippen molar-refractivity contribution in [1.29, 1.82) is 0 Å². The smallest absolute Gasteiger partial charge is 0.0496 e. The maximum atomic E-state index is 6.38. The minimum atomic E-state index is 0.611. The second-order valence-corrected chi connectivity index (χ2v) is 6.80. The quantitative estimate of drug-likeness (QED) is 0.500. The number of allylic oxidation sites excluding steroid dienone is 2. The summed E-state index contributed by atoms with van der Waals surface area (Å²) in [4.78, 5) is 0. The highest BCUT2D eigenvalue weighted by Gasteiger charge is 2.23. The van der Waals surface area contributed by atoms with E-state index in [1.165, 1.54) is 37.7 Å². The molecule has 114 valence electrons. The summed E-state index contributed by atoms with van der Waals surface area (Å²) in [5.41, 5.74) is 2.24. The molecule has 0 amide bonds. The van der Waals surface area contributed by atoms with Crippen molar-refractivity contribution in [3.8, 4) is 0 Å². The Balaban J connectivity index is 2.05. The summed E-state index contributed by atoms with van der Waals surface area (Å²) >= 11 is 12.8. The SMILES string of the molecule is C=CCCC1CCC(c2cc(Cl)c(/C=C/C)c(Cl)c2)CC1. The molecule has 0 N–H and O–H groups in total. The molecule has 0 radical (unpaired) electrons. The molecule has 0 atom stereocenters. The fourth-order valence-corrected chi connectivity index (χ4v) is 3.93. The fraction of sp³-hybridized carbons (Fsp3) is 0.474. The lowest BCUT2D eigenvalue weighted by atomic mass is 9.77. The lowest BCUT2D eigenvalue weighted by molar-refractivity contribution is 0.312. The minimum absolute atomic E-state index is 0.611. The lowest BCUT2D eigenvalue weighted by Gasteiger charge is -2.29. The van der Waals surface area contributed by atoms with E-state index in [2.05, 4.69) is 18.7 Å². The highest BCUT2D eigenvalue weighted by molar-refractivity contribution is 6.37. The highest BCUT2D eigenvalue weighted by atomic mass is 35.5. The van der Waals surface area contributed by atoms with Crippen LogP contribution in [0.5, 0.6) is 0 Å². The van der Waals surface area contributed by atoms with E-state index in [4.69, 9.17) is 23.2 Å². The predicted octanol–water partition coefficient (Wildman–Crippen LogP) is 7.27. The van der Waals surface area contributed by atoms with Gasteiger partial charge >= 0.3 is 0 Å². The zero-order valence-corrected chi connectivity index (χ0v) is 14.3. The molecule has 1 aliphatic rings. The van der Waals surface area contributed by atoms with E-state index < -0.39 is 0 Å². The molecule has 0 heterocycles. The molecule has 0 unspecified atom stereocenters. The monoisotopic (exact) mass is 322 g/mol. The van der Waals surface area contributed by atoms with Gasteiger partial charge in [-0.3, -0.25) is 0 Å². The third kappa shape index (κ3) is 4.37. The van der Waals surface area contributed by atoms with Crippen LogP contribution in [0.4, 0.5) is 0 Å². The molecule has 1 aliphatic carbocycles. The average Bonchev–Trinajstić information content (AvgIpc) is 2.49. The van der Waals surface area contributed by atoms with Crippen LogP contribution in [0.3, 0.4) is 0 Å². The van der Waals surface area contributed by atoms with Gasteiger partial charge in [-0.2, -0.15) is 0 Å². The molecule has 0 saturated heterocycles. The Morgan fingerprint density at radius 2 is 1.76 bits per heavy atom. The van der Waals surface area contributed by atoms with Gasteiger partial charge in [0.2, 0.25) is 0 Å². The molecular formula is C19H24Cl2. The van der Waals surface area contributed by atoms with Gasteiger partial charge < -0.3 is 0 Å². The molecule has 0 spiro atoms. The van der Waals surface area contributed by atoms with E-state index in [1.807, 2.05) is 25.2 Å². The molecule has 1 aromatic rings. The van der Waals surface area contributed by atoms with Gasteiger partial charge in [-0.1, -0.05) is 41.4 Å². The Labute approximate surface area is 138 Å². The largest absolute Gasteiger partial charge is 0.103 e. The molecule has 0 aromatic heterocycles. The standard InChI is InChI=1S/C19H24Cl2/c1-3-5-7-14-8-10-15(11-9-14)16-12-18(20)17(6-4-2)19(21)13-16/h3-4,6,12-15H,1,5,7-11H2,2H3/b6-4+. The summed E-state index contributed by atoms with van der Waals surface area (Å²) in [5.74, 6) is 1.48. The Hall–Kier alpha value is -0.720. The van der Waals surface area contributed by atoms with E-state index in [1.54, 1.807) is 0 Å². The maximum Gasteiger partial charge on any atom is 0.0496 e. The highest BCUT2D eigenvalue weighted by Crippen LogP contribution is 2.40. The minimum Gasteiger partial charge on any atom is -0.103 e. The van der Waals surface area contributed by atoms with Gasteiger partial charge in [-0.15, -0.1) is 6.58 Å². The van der Waals surface area contributed by atoms with Gasteiger partial charge in [0.15, 0.2) is 0 Å². The fourth-order valence-electron chi connectivity index (χ4n) is 3.30. The number of hydrogen-bond acceptors (Lipinski definition) is 0. The first-order valence-corrected chi connectivity index (χ1v) is 8.63. The first kappa shape index (κ1) is 16.6. The van der Waals surface area contributed by atoms with Gasteiger partial charge in [0.05, 0.1) is 0 Å². The topological polar surface area (TPSA) is 0 Å². The van der Waals surface area contributed by atoms with E-state index >= 15 is 0 Å². The zero-order chi connectivity index (χ0) is 15.2. The summed E-state index contributed by atoms with van der Waals surface area (Å²) in [7, 11) is 0. The molecule has 21 heavy (non-hydrogen) atoms. The van der Waals surface area contributed by atoms with E-state index in [-0.39, 0.29) is 0 Å². The summed E-state index contributed by atoms with van der Waals surface area (Å²) in [6.07, 6.45) is 13.5. The van der Waals surface area contributed by atoms with Gasteiger partial charge in [0.1, 0.15) is 0 Å². The third-order valence-corrected chi connectivity index (χ3v) is 5.16. The number of hydrogen-bond donors (Lipinski definition) is 0. The molecule has 2 rings (SSSR count). The van der Waals surface area contributed by atoms with Crippen LogP contribution in [0.15, 0.2) is 30.9 Å².